The third kappa shape index (κ3) is 3.15. The van der Waals surface area contributed by atoms with Crippen molar-refractivity contribution in [3.05, 3.63) is 50.9 Å². The molecule has 0 fully saturated rings. The molecule has 9 heteroatoms. The van der Waals surface area contributed by atoms with E-state index in [9.17, 15) is 24.8 Å². The molecule has 1 amide bonds. The SMILES string of the molecule is O=C(Nc1ccc(C(=O)O)c(O)c1)c1csc([N+](=O)[O-])c1. The Morgan fingerprint density at radius 1 is 1.29 bits per heavy atom. The zero-order chi connectivity index (χ0) is 15.6. The number of carbonyl (C=O) groups excluding carboxylic acids is 1. The van der Waals surface area contributed by atoms with E-state index in [-0.39, 0.29) is 21.8 Å². The Morgan fingerprint density at radius 2 is 2.00 bits per heavy atom. The Bertz CT molecular complexity index is 739. The van der Waals surface area contributed by atoms with Crippen LogP contribution in [0.15, 0.2) is 29.6 Å². The maximum atomic E-state index is 11.9. The number of amides is 1. The molecule has 0 bridgehead atoms. The summed E-state index contributed by atoms with van der Waals surface area (Å²) in [6, 6.07) is 4.67. The molecule has 0 aliphatic rings. The topological polar surface area (TPSA) is 130 Å². The fourth-order valence-corrected chi connectivity index (χ4v) is 2.24. The number of nitrogens with one attached hydrogen (secondary N) is 1. The Kier molecular flexibility index (Phi) is 3.85. The molecule has 1 aromatic carbocycles. The number of hydrogen-bond donors (Lipinski definition) is 3. The van der Waals surface area contributed by atoms with Crippen molar-refractivity contribution in [2.45, 2.75) is 0 Å². The van der Waals surface area contributed by atoms with E-state index < -0.39 is 22.5 Å². The highest BCUT2D eigenvalue weighted by Gasteiger charge is 2.16. The third-order valence-corrected chi connectivity index (χ3v) is 3.39. The van der Waals surface area contributed by atoms with Crippen LogP contribution in [-0.2, 0) is 0 Å². The molecule has 1 heterocycles. The van der Waals surface area contributed by atoms with Crippen LogP contribution in [0.1, 0.15) is 20.7 Å². The van der Waals surface area contributed by atoms with Crippen LogP contribution in [0, 0.1) is 10.1 Å². The van der Waals surface area contributed by atoms with Gasteiger partial charge in [-0.15, -0.1) is 0 Å². The van der Waals surface area contributed by atoms with Crippen molar-refractivity contribution < 1.29 is 24.7 Å². The van der Waals surface area contributed by atoms with Gasteiger partial charge in [0.25, 0.3) is 5.91 Å². The lowest BCUT2D eigenvalue weighted by Crippen LogP contribution is -2.11. The molecule has 0 aliphatic heterocycles. The van der Waals surface area contributed by atoms with Gasteiger partial charge in [0.15, 0.2) is 0 Å². The smallest absolute Gasteiger partial charge is 0.339 e. The molecule has 0 spiro atoms. The van der Waals surface area contributed by atoms with Gasteiger partial charge in [0.05, 0.1) is 10.5 Å². The third-order valence-electron chi connectivity index (χ3n) is 2.51. The highest BCUT2D eigenvalue weighted by atomic mass is 32.1. The van der Waals surface area contributed by atoms with Gasteiger partial charge >= 0.3 is 11.0 Å². The maximum absolute atomic E-state index is 11.9. The number of aromatic carboxylic acids is 1. The number of nitrogens with zero attached hydrogens (tertiary/aromatic N) is 1. The lowest BCUT2D eigenvalue weighted by Gasteiger charge is -2.05. The summed E-state index contributed by atoms with van der Waals surface area (Å²) in [5.74, 6) is -2.38. The van der Waals surface area contributed by atoms with Gasteiger partial charge in [-0.2, -0.15) is 0 Å². The molecule has 2 rings (SSSR count). The number of anilines is 1. The van der Waals surface area contributed by atoms with Crippen LogP contribution in [0.5, 0.6) is 5.75 Å². The normalized spacial score (nSPS) is 10.1. The number of carboxylic acids is 1. The standard InChI is InChI=1S/C12H8N2O6S/c15-9-4-7(1-2-8(9)12(17)18)13-11(16)6-3-10(14(19)20)21-5-6/h1-5,15H,(H,13,16)(H,17,18). The number of hydrogen-bond acceptors (Lipinski definition) is 6. The minimum atomic E-state index is -1.29. The number of nitro groups is 1. The predicted octanol–water partition coefficient (Wildman–Crippen LogP) is 2.31. The zero-order valence-corrected chi connectivity index (χ0v) is 11.1. The lowest BCUT2D eigenvalue weighted by atomic mass is 10.2. The molecule has 21 heavy (non-hydrogen) atoms. The second-order valence-electron chi connectivity index (χ2n) is 3.92. The Labute approximate surface area is 121 Å². The summed E-state index contributed by atoms with van der Waals surface area (Å²) in [6.45, 7) is 0. The van der Waals surface area contributed by atoms with Crippen molar-refractivity contribution in [2.75, 3.05) is 5.32 Å². The molecule has 3 N–H and O–H groups in total. The Balaban J connectivity index is 2.17. The number of carbonyl (C=O) groups is 2. The van der Waals surface area contributed by atoms with Crippen LogP contribution in [-0.4, -0.2) is 27.0 Å². The van der Waals surface area contributed by atoms with E-state index in [0.29, 0.717) is 0 Å². The quantitative estimate of drug-likeness (QED) is 0.587. The summed E-state index contributed by atoms with van der Waals surface area (Å²) in [7, 11) is 0. The first-order valence-corrected chi connectivity index (χ1v) is 6.37. The summed E-state index contributed by atoms with van der Waals surface area (Å²) in [6.07, 6.45) is 0. The second-order valence-corrected chi connectivity index (χ2v) is 4.81. The molecule has 8 nitrogen and oxygen atoms in total. The average Bonchev–Trinajstić information content (AvgIpc) is 2.88. The van der Waals surface area contributed by atoms with Gasteiger partial charge in [-0.1, -0.05) is 11.3 Å². The largest absolute Gasteiger partial charge is 0.507 e. The molecule has 0 unspecified atom stereocenters. The summed E-state index contributed by atoms with van der Waals surface area (Å²) >= 11 is 0.819. The van der Waals surface area contributed by atoms with Gasteiger partial charge < -0.3 is 15.5 Å². The van der Waals surface area contributed by atoms with Crippen molar-refractivity contribution in [1.29, 1.82) is 0 Å². The fourth-order valence-electron chi connectivity index (χ4n) is 1.53. The zero-order valence-electron chi connectivity index (χ0n) is 10.3. The van der Waals surface area contributed by atoms with Crippen molar-refractivity contribution in [3.8, 4) is 5.75 Å². The maximum Gasteiger partial charge on any atom is 0.339 e. The lowest BCUT2D eigenvalue weighted by molar-refractivity contribution is -0.380. The summed E-state index contributed by atoms with van der Waals surface area (Å²) in [5, 5.41) is 32.4. The highest BCUT2D eigenvalue weighted by Crippen LogP contribution is 2.25. The molecular formula is C12H8N2O6S. The van der Waals surface area contributed by atoms with E-state index >= 15 is 0 Å². The molecule has 108 valence electrons. The Hall–Kier alpha value is -2.94. The first-order chi connectivity index (χ1) is 9.88. The van der Waals surface area contributed by atoms with Crippen molar-refractivity contribution in [2.24, 2.45) is 0 Å². The Morgan fingerprint density at radius 3 is 2.52 bits per heavy atom. The average molecular weight is 308 g/mol. The van der Waals surface area contributed by atoms with E-state index in [1.165, 1.54) is 11.4 Å². The minimum absolute atomic E-state index is 0.105. The monoisotopic (exact) mass is 308 g/mol. The highest BCUT2D eigenvalue weighted by molar-refractivity contribution is 7.13. The van der Waals surface area contributed by atoms with E-state index in [1.807, 2.05) is 0 Å². The number of benzene rings is 1. The molecular weight excluding hydrogens is 300 g/mol. The first kappa shape index (κ1) is 14.5. The molecule has 0 radical (unpaired) electrons. The minimum Gasteiger partial charge on any atom is -0.507 e. The van der Waals surface area contributed by atoms with Crippen LogP contribution in [0.2, 0.25) is 0 Å². The molecule has 0 saturated heterocycles. The molecule has 0 atom stereocenters. The summed E-state index contributed by atoms with van der Waals surface area (Å²) in [4.78, 5) is 32.5. The van der Waals surface area contributed by atoms with Crippen molar-refractivity contribution in [1.82, 2.24) is 0 Å². The summed E-state index contributed by atoms with van der Waals surface area (Å²) in [5.41, 5.74) is -0.0102. The van der Waals surface area contributed by atoms with Crippen LogP contribution in [0.3, 0.4) is 0 Å². The molecule has 2 aromatic rings. The predicted molar refractivity (Wildman–Crippen MR) is 74.0 cm³/mol. The summed E-state index contributed by atoms with van der Waals surface area (Å²) < 4.78 is 0. The number of phenols is 1. The molecule has 1 aromatic heterocycles. The van der Waals surface area contributed by atoms with E-state index in [1.54, 1.807) is 0 Å². The first-order valence-electron chi connectivity index (χ1n) is 5.49. The van der Waals surface area contributed by atoms with Crippen LogP contribution in [0.25, 0.3) is 0 Å². The van der Waals surface area contributed by atoms with E-state index in [2.05, 4.69) is 5.32 Å². The van der Waals surface area contributed by atoms with Gasteiger partial charge in [0.1, 0.15) is 11.3 Å². The van der Waals surface area contributed by atoms with E-state index in [4.69, 9.17) is 5.11 Å². The van der Waals surface area contributed by atoms with E-state index in [0.717, 1.165) is 29.5 Å². The van der Waals surface area contributed by atoms with Crippen LogP contribution < -0.4 is 5.32 Å². The van der Waals surface area contributed by atoms with Crippen LogP contribution >= 0.6 is 11.3 Å². The van der Waals surface area contributed by atoms with Gasteiger partial charge in [0, 0.05) is 23.2 Å². The number of aromatic hydroxyl groups is 1. The number of thiophene rings is 1. The van der Waals surface area contributed by atoms with Crippen molar-refractivity contribution >= 4 is 33.9 Å². The second kappa shape index (κ2) is 5.59. The van der Waals surface area contributed by atoms with Gasteiger partial charge in [0.2, 0.25) is 0 Å². The van der Waals surface area contributed by atoms with Crippen LogP contribution in [0.4, 0.5) is 10.7 Å². The van der Waals surface area contributed by atoms with Gasteiger partial charge in [-0.3, -0.25) is 14.9 Å². The number of rotatable bonds is 4. The molecule has 0 saturated carbocycles. The van der Waals surface area contributed by atoms with Gasteiger partial charge in [-0.05, 0) is 12.1 Å². The number of carboxylic acid groups (broad SMARTS) is 1. The van der Waals surface area contributed by atoms with Gasteiger partial charge in [-0.25, -0.2) is 4.79 Å². The molecule has 0 aliphatic carbocycles. The fraction of sp³-hybridized carbons (Fsp3) is 0. The van der Waals surface area contributed by atoms with Crippen molar-refractivity contribution in [3.63, 3.8) is 0 Å².